The van der Waals surface area contributed by atoms with Gasteiger partial charge in [-0.3, -0.25) is 4.90 Å². The maximum absolute atomic E-state index is 10.0. The zero-order valence-electron chi connectivity index (χ0n) is 9.87. The van der Waals surface area contributed by atoms with Gasteiger partial charge in [0.2, 0.25) is 0 Å². The predicted molar refractivity (Wildman–Crippen MR) is 60.3 cm³/mol. The van der Waals surface area contributed by atoms with Crippen LogP contribution in [0.4, 0.5) is 0 Å². The lowest BCUT2D eigenvalue weighted by molar-refractivity contribution is 0.0578. The summed E-state index contributed by atoms with van der Waals surface area (Å²) in [7, 11) is 0. The van der Waals surface area contributed by atoms with Gasteiger partial charge in [-0.15, -0.1) is 0 Å². The molecule has 84 valence electrons. The van der Waals surface area contributed by atoms with Gasteiger partial charge in [0.25, 0.3) is 0 Å². The van der Waals surface area contributed by atoms with Crippen molar-refractivity contribution >= 4 is 0 Å². The Morgan fingerprint density at radius 2 is 2.00 bits per heavy atom. The lowest BCUT2D eigenvalue weighted by Gasteiger charge is -2.28. The minimum absolute atomic E-state index is 0.120. The topological polar surface area (TPSA) is 23.5 Å². The van der Waals surface area contributed by atoms with Crippen LogP contribution in [0.2, 0.25) is 0 Å². The third-order valence-electron chi connectivity index (χ3n) is 3.71. The molecule has 1 N–H and O–H groups in total. The standard InChI is InChI=1S/C12H25NO/c1-4-11(5-2)12(14)9-13-8-6-7-10(13)3/h10-12,14H,4-9H2,1-3H3. The number of likely N-dealkylation sites (tertiary alicyclic amines) is 1. The Labute approximate surface area is 88.3 Å². The molecule has 1 fully saturated rings. The van der Waals surface area contributed by atoms with Crippen molar-refractivity contribution in [3.63, 3.8) is 0 Å². The highest BCUT2D eigenvalue weighted by Gasteiger charge is 2.25. The smallest absolute Gasteiger partial charge is 0.0695 e. The summed E-state index contributed by atoms with van der Waals surface area (Å²) >= 11 is 0. The number of rotatable bonds is 5. The van der Waals surface area contributed by atoms with Crippen LogP contribution >= 0.6 is 0 Å². The van der Waals surface area contributed by atoms with E-state index >= 15 is 0 Å². The average molecular weight is 199 g/mol. The van der Waals surface area contributed by atoms with E-state index in [-0.39, 0.29) is 6.10 Å². The molecule has 0 aromatic heterocycles. The highest BCUT2D eigenvalue weighted by Crippen LogP contribution is 2.20. The molecule has 14 heavy (non-hydrogen) atoms. The van der Waals surface area contributed by atoms with Gasteiger partial charge in [0.1, 0.15) is 0 Å². The van der Waals surface area contributed by atoms with Gasteiger partial charge in [0.15, 0.2) is 0 Å². The molecule has 0 aromatic carbocycles. The van der Waals surface area contributed by atoms with E-state index in [4.69, 9.17) is 0 Å². The Morgan fingerprint density at radius 3 is 2.43 bits per heavy atom. The Balaban J connectivity index is 2.34. The van der Waals surface area contributed by atoms with Crippen molar-refractivity contribution in [3.8, 4) is 0 Å². The van der Waals surface area contributed by atoms with E-state index in [1.54, 1.807) is 0 Å². The summed E-state index contributed by atoms with van der Waals surface area (Å²) in [5.74, 6) is 0.489. The minimum Gasteiger partial charge on any atom is -0.392 e. The first kappa shape index (κ1) is 12.0. The van der Waals surface area contributed by atoms with E-state index < -0.39 is 0 Å². The highest BCUT2D eigenvalue weighted by molar-refractivity contribution is 4.79. The van der Waals surface area contributed by atoms with Gasteiger partial charge in [0.05, 0.1) is 6.10 Å². The van der Waals surface area contributed by atoms with Crippen LogP contribution in [-0.2, 0) is 0 Å². The van der Waals surface area contributed by atoms with E-state index in [0.29, 0.717) is 12.0 Å². The molecular weight excluding hydrogens is 174 g/mol. The number of nitrogens with zero attached hydrogens (tertiary/aromatic N) is 1. The van der Waals surface area contributed by atoms with Crippen molar-refractivity contribution in [2.45, 2.75) is 58.6 Å². The summed E-state index contributed by atoms with van der Waals surface area (Å²) in [6, 6.07) is 0.680. The molecule has 1 heterocycles. The average Bonchev–Trinajstić information content (AvgIpc) is 2.54. The molecule has 0 radical (unpaired) electrons. The summed E-state index contributed by atoms with van der Waals surface area (Å²) in [5.41, 5.74) is 0. The van der Waals surface area contributed by atoms with Crippen LogP contribution in [0.25, 0.3) is 0 Å². The van der Waals surface area contributed by atoms with Crippen molar-refractivity contribution in [3.05, 3.63) is 0 Å². The molecule has 1 saturated heterocycles. The van der Waals surface area contributed by atoms with E-state index in [9.17, 15) is 5.11 Å². The number of β-amino-alcohol motifs (C(OH)–C–C–N with tert-alkyl or cyclic N) is 1. The fourth-order valence-corrected chi connectivity index (χ4v) is 2.49. The summed E-state index contributed by atoms with van der Waals surface area (Å²) in [5, 5.41) is 10.0. The van der Waals surface area contributed by atoms with Gasteiger partial charge in [0, 0.05) is 12.6 Å². The molecule has 1 rings (SSSR count). The lowest BCUT2D eigenvalue weighted by atomic mass is 9.96. The van der Waals surface area contributed by atoms with Crippen LogP contribution in [0, 0.1) is 5.92 Å². The highest BCUT2D eigenvalue weighted by atomic mass is 16.3. The first-order valence-electron chi connectivity index (χ1n) is 6.11. The second-order valence-electron chi connectivity index (χ2n) is 4.63. The summed E-state index contributed by atoms with van der Waals surface area (Å²) in [4.78, 5) is 2.43. The van der Waals surface area contributed by atoms with Crippen LogP contribution in [0.5, 0.6) is 0 Å². The molecule has 0 bridgehead atoms. The second kappa shape index (κ2) is 5.72. The third kappa shape index (κ3) is 2.96. The van der Waals surface area contributed by atoms with Crippen molar-refractivity contribution < 1.29 is 5.11 Å². The van der Waals surface area contributed by atoms with Gasteiger partial charge in [-0.2, -0.15) is 0 Å². The largest absolute Gasteiger partial charge is 0.392 e. The molecule has 2 heteroatoms. The van der Waals surface area contributed by atoms with Crippen LogP contribution in [0.1, 0.15) is 46.5 Å². The molecule has 0 aliphatic carbocycles. The normalized spacial score (nSPS) is 25.9. The first-order chi connectivity index (χ1) is 6.69. The molecule has 1 aliphatic rings. The van der Waals surface area contributed by atoms with Crippen molar-refractivity contribution in [1.29, 1.82) is 0 Å². The maximum Gasteiger partial charge on any atom is 0.0695 e. The Hall–Kier alpha value is -0.0800. The summed E-state index contributed by atoms with van der Waals surface area (Å²) in [6.07, 6.45) is 4.68. The van der Waals surface area contributed by atoms with Gasteiger partial charge < -0.3 is 5.11 Å². The summed E-state index contributed by atoms with van der Waals surface area (Å²) < 4.78 is 0. The molecule has 1 aliphatic heterocycles. The number of aliphatic hydroxyl groups excluding tert-OH is 1. The number of hydrogen-bond donors (Lipinski definition) is 1. The van der Waals surface area contributed by atoms with E-state index in [1.807, 2.05) is 0 Å². The molecule has 2 unspecified atom stereocenters. The van der Waals surface area contributed by atoms with Crippen LogP contribution in [-0.4, -0.2) is 35.2 Å². The van der Waals surface area contributed by atoms with Gasteiger partial charge in [-0.1, -0.05) is 26.7 Å². The molecule has 0 aromatic rings. The quantitative estimate of drug-likeness (QED) is 0.734. The Morgan fingerprint density at radius 1 is 1.36 bits per heavy atom. The van der Waals surface area contributed by atoms with E-state index in [1.165, 1.54) is 19.4 Å². The van der Waals surface area contributed by atoms with Crippen molar-refractivity contribution in [2.24, 2.45) is 5.92 Å². The zero-order valence-corrected chi connectivity index (χ0v) is 9.87. The Kier molecular flexibility index (Phi) is 4.90. The van der Waals surface area contributed by atoms with Gasteiger partial charge in [-0.25, -0.2) is 0 Å². The third-order valence-corrected chi connectivity index (χ3v) is 3.71. The molecule has 2 nitrogen and oxygen atoms in total. The van der Waals surface area contributed by atoms with Crippen molar-refractivity contribution in [2.75, 3.05) is 13.1 Å². The molecule has 0 saturated carbocycles. The van der Waals surface area contributed by atoms with E-state index in [0.717, 1.165) is 19.4 Å². The van der Waals surface area contributed by atoms with Gasteiger partial charge >= 0.3 is 0 Å². The minimum atomic E-state index is -0.120. The predicted octanol–water partition coefficient (Wildman–Crippen LogP) is 2.27. The molecule has 0 spiro atoms. The van der Waals surface area contributed by atoms with Crippen molar-refractivity contribution in [1.82, 2.24) is 4.90 Å². The summed E-state index contributed by atoms with van der Waals surface area (Å²) in [6.45, 7) is 8.67. The maximum atomic E-state index is 10.0. The fraction of sp³-hybridized carbons (Fsp3) is 1.00. The fourth-order valence-electron chi connectivity index (χ4n) is 2.49. The molecule has 0 amide bonds. The number of aliphatic hydroxyl groups is 1. The molecular formula is C12H25NO. The number of hydrogen-bond acceptors (Lipinski definition) is 2. The monoisotopic (exact) mass is 199 g/mol. The Bertz CT molecular complexity index is 156. The van der Waals surface area contributed by atoms with Crippen LogP contribution in [0.15, 0.2) is 0 Å². The SMILES string of the molecule is CCC(CC)C(O)CN1CCCC1C. The van der Waals surface area contributed by atoms with Gasteiger partial charge in [-0.05, 0) is 32.2 Å². The van der Waals surface area contributed by atoms with Crippen LogP contribution in [0.3, 0.4) is 0 Å². The van der Waals surface area contributed by atoms with E-state index in [2.05, 4.69) is 25.7 Å². The zero-order chi connectivity index (χ0) is 10.6. The second-order valence-corrected chi connectivity index (χ2v) is 4.63. The lowest BCUT2D eigenvalue weighted by Crippen LogP contribution is -2.38. The first-order valence-corrected chi connectivity index (χ1v) is 6.11. The molecule has 2 atom stereocenters. The van der Waals surface area contributed by atoms with Crippen LogP contribution < -0.4 is 0 Å².